The minimum atomic E-state index is -4.90. The fourth-order valence-corrected chi connectivity index (χ4v) is 7.72. The molecule has 0 spiro atoms. The Labute approximate surface area is 244 Å². The number of pyridine rings is 1. The molecule has 3 atom stereocenters. The summed E-state index contributed by atoms with van der Waals surface area (Å²) >= 11 is 1.29. The lowest BCUT2D eigenvalue weighted by molar-refractivity contribution is -0.153. The quantitative estimate of drug-likeness (QED) is 0.381. The molecule has 1 saturated carbocycles. The number of nitrogens with one attached hydrogen (secondary N) is 1. The van der Waals surface area contributed by atoms with Crippen LogP contribution in [-0.4, -0.2) is 61.1 Å². The van der Waals surface area contributed by atoms with Gasteiger partial charge in [-0.3, -0.25) is 9.78 Å². The highest BCUT2D eigenvalue weighted by Gasteiger charge is 2.44. The highest BCUT2D eigenvalue weighted by Crippen LogP contribution is 2.46. The molecule has 2 aliphatic rings. The van der Waals surface area contributed by atoms with Crippen LogP contribution in [-0.2, 0) is 14.6 Å². The predicted octanol–water partition coefficient (Wildman–Crippen LogP) is 5.09. The lowest BCUT2D eigenvalue weighted by atomic mass is 9.76. The standard InChI is InChI=1S/C28H27F4N5O3S2/c29-18-7-10-22(34-16-18)27-36-24(20-3-1-2-4-21(20)26(38)35-23(15-33)28(30,31)32)25(41-27)17-5-8-19(9-6-17)37-11-13-42(39,40)14-12-37/h5-10,16,20-21,23H,1-4,11-14H2,(H,35,38)/t20-,21-,23?/m1/s1. The number of nitriles is 1. The van der Waals surface area contributed by atoms with Gasteiger partial charge in [-0.1, -0.05) is 25.0 Å². The summed E-state index contributed by atoms with van der Waals surface area (Å²) in [5, 5.41) is 11.4. The molecule has 2 aromatic heterocycles. The second kappa shape index (κ2) is 12.0. The SMILES string of the molecule is N#CC(NC(=O)[C@@H]1CCCC[C@H]1c1nc(-c2ccc(F)cn2)sc1-c1ccc(N2CCS(=O)(=O)CC2)cc1)C(F)(F)F. The molecule has 1 N–H and O–H groups in total. The van der Waals surface area contributed by atoms with Crippen LogP contribution in [0.3, 0.4) is 0 Å². The zero-order chi connectivity index (χ0) is 30.1. The van der Waals surface area contributed by atoms with Crippen molar-refractivity contribution in [2.75, 3.05) is 29.5 Å². The van der Waals surface area contributed by atoms with Crippen molar-refractivity contribution in [2.24, 2.45) is 5.92 Å². The molecule has 1 aromatic carbocycles. The number of aromatic nitrogens is 2. The number of hydrogen-bond donors (Lipinski definition) is 1. The van der Waals surface area contributed by atoms with E-state index >= 15 is 0 Å². The maximum atomic E-state index is 13.6. The van der Waals surface area contributed by atoms with Gasteiger partial charge in [-0.25, -0.2) is 17.8 Å². The predicted molar refractivity (Wildman–Crippen MR) is 150 cm³/mol. The average molecular weight is 622 g/mol. The van der Waals surface area contributed by atoms with Crippen LogP contribution in [0.4, 0.5) is 23.2 Å². The molecule has 1 saturated heterocycles. The van der Waals surface area contributed by atoms with E-state index < -0.39 is 45.6 Å². The van der Waals surface area contributed by atoms with Crippen LogP contribution in [0.15, 0.2) is 42.6 Å². The number of alkyl halides is 3. The Morgan fingerprint density at radius 3 is 2.40 bits per heavy atom. The number of halogens is 4. The summed E-state index contributed by atoms with van der Waals surface area (Å²) in [7, 11) is -3.04. The Morgan fingerprint density at radius 2 is 1.79 bits per heavy atom. The Hall–Kier alpha value is -3.57. The number of carbonyl (C=O) groups is 1. The zero-order valence-corrected chi connectivity index (χ0v) is 23.9. The minimum Gasteiger partial charge on any atom is -0.369 e. The van der Waals surface area contributed by atoms with Crippen LogP contribution in [0.1, 0.15) is 37.3 Å². The lowest BCUT2D eigenvalue weighted by Crippen LogP contribution is -2.48. The van der Waals surface area contributed by atoms with Gasteiger partial charge in [0.2, 0.25) is 11.9 Å². The third kappa shape index (κ3) is 6.57. The molecule has 3 heterocycles. The van der Waals surface area contributed by atoms with Gasteiger partial charge < -0.3 is 10.2 Å². The third-order valence-electron chi connectivity index (χ3n) is 7.64. The van der Waals surface area contributed by atoms with Crippen molar-refractivity contribution in [1.29, 1.82) is 5.26 Å². The lowest BCUT2D eigenvalue weighted by Gasteiger charge is -2.31. The summed E-state index contributed by atoms with van der Waals surface area (Å²) in [4.78, 5) is 24.8. The normalized spacial score (nSPS) is 21.4. The summed E-state index contributed by atoms with van der Waals surface area (Å²) in [5.74, 6) is -2.56. The van der Waals surface area contributed by atoms with Gasteiger partial charge >= 0.3 is 6.18 Å². The molecule has 14 heteroatoms. The van der Waals surface area contributed by atoms with Gasteiger partial charge in [0.1, 0.15) is 10.8 Å². The van der Waals surface area contributed by atoms with E-state index in [-0.39, 0.29) is 11.5 Å². The largest absolute Gasteiger partial charge is 0.422 e. The van der Waals surface area contributed by atoms with Crippen molar-refractivity contribution in [3.8, 4) is 27.2 Å². The van der Waals surface area contributed by atoms with Crippen molar-refractivity contribution in [3.05, 3.63) is 54.1 Å². The maximum absolute atomic E-state index is 13.6. The molecule has 1 amide bonds. The van der Waals surface area contributed by atoms with Gasteiger partial charge in [-0.2, -0.15) is 18.4 Å². The van der Waals surface area contributed by atoms with E-state index in [2.05, 4.69) is 4.98 Å². The number of thiazole rings is 1. The summed E-state index contributed by atoms with van der Waals surface area (Å²) < 4.78 is 77.0. The molecule has 42 heavy (non-hydrogen) atoms. The summed E-state index contributed by atoms with van der Waals surface area (Å²) in [6.07, 6.45) is -1.60. The number of rotatable bonds is 6. The van der Waals surface area contributed by atoms with E-state index in [9.17, 15) is 30.8 Å². The Morgan fingerprint density at radius 1 is 1.10 bits per heavy atom. The first-order valence-electron chi connectivity index (χ1n) is 13.4. The smallest absolute Gasteiger partial charge is 0.369 e. The highest BCUT2D eigenvalue weighted by molar-refractivity contribution is 7.91. The molecule has 1 unspecified atom stereocenters. The molecule has 0 radical (unpaired) electrons. The summed E-state index contributed by atoms with van der Waals surface area (Å²) in [6, 6.07) is 8.73. The fourth-order valence-electron chi connectivity index (χ4n) is 5.40. The number of hydrogen-bond acceptors (Lipinski definition) is 8. The molecular weight excluding hydrogens is 594 g/mol. The second-order valence-corrected chi connectivity index (χ2v) is 13.7. The first kappa shape index (κ1) is 29.9. The van der Waals surface area contributed by atoms with Gasteiger partial charge in [0.15, 0.2) is 9.84 Å². The van der Waals surface area contributed by atoms with Gasteiger partial charge in [-0.05, 0) is 42.7 Å². The number of sulfone groups is 1. The third-order valence-corrected chi connectivity index (χ3v) is 10.4. The molecular formula is C28H27F4N5O3S2. The van der Waals surface area contributed by atoms with E-state index in [4.69, 9.17) is 10.2 Å². The van der Waals surface area contributed by atoms with E-state index in [1.165, 1.54) is 23.5 Å². The van der Waals surface area contributed by atoms with Gasteiger partial charge in [0.25, 0.3) is 0 Å². The minimum absolute atomic E-state index is 0.0773. The maximum Gasteiger partial charge on any atom is 0.422 e. The molecule has 8 nitrogen and oxygen atoms in total. The Kier molecular flexibility index (Phi) is 8.52. The van der Waals surface area contributed by atoms with Crippen molar-refractivity contribution in [2.45, 2.75) is 43.8 Å². The van der Waals surface area contributed by atoms with Crippen molar-refractivity contribution < 1.29 is 30.8 Å². The molecule has 5 rings (SSSR count). The molecule has 0 bridgehead atoms. The first-order chi connectivity index (χ1) is 19.9. The van der Waals surface area contributed by atoms with Crippen molar-refractivity contribution >= 4 is 32.8 Å². The second-order valence-electron chi connectivity index (χ2n) is 10.4. The monoisotopic (exact) mass is 621 g/mol. The summed E-state index contributed by atoms with van der Waals surface area (Å²) in [5.41, 5.74) is 2.57. The van der Waals surface area contributed by atoms with Crippen LogP contribution in [0.5, 0.6) is 0 Å². The summed E-state index contributed by atoms with van der Waals surface area (Å²) in [6.45, 7) is 0.767. The van der Waals surface area contributed by atoms with Crippen LogP contribution >= 0.6 is 11.3 Å². The van der Waals surface area contributed by atoms with Crippen LogP contribution in [0, 0.1) is 23.1 Å². The molecule has 1 aliphatic carbocycles. The number of anilines is 1. The van der Waals surface area contributed by atoms with Crippen LogP contribution < -0.4 is 10.2 Å². The van der Waals surface area contributed by atoms with Crippen LogP contribution in [0.2, 0.25) is 0 Å². The zero-order valence-electron chi connectivity index (χ0n) is 22.3. The van der Waals surface area contributed by atoms with E-state index in [0.717, 1.165) is 29.9 Å². The number of nitrogens with zero attached hydrogens (tertiary/aromatic N) is 4. The molecule has 3 aromatic rings. The Balaban J connectivity index is 1.50. The van der Waals surface area contributed by atoms with Crippen molar-refractivity contribution in [1.82, 2.24) is 15.3 Å². The molecule has 1 aliphatic heterocycles. The average Bonchev–Trinajstić information content (AvgIpc) is 3.41. The highest BCUT2D eigenvalue weighted by atomic mass is 32.2. The van der Waals surface area contributed by atoms with E-state index in [1.54, 1.807) is 0 Å². The van der Waals surface area contributed by atoms with Crippen LogP contribution in [0.25, 0.3) is 21.1 Å². The number of benzene rings is 1. The molecule has 222 valence electrons. The number of amides is 1. The Bertz CT molecular complexity index is 1570. The van der Waals surface area contributed by atoms with E-state index in [1.807, 2.05) is 34.5 Å². The van der Waals surface area contributed by atoms with Gasteiger partial charge in [0, 0.05) is 30.6 Å². The first-order valence-corrected chi connectivity index (χ1v) is 16.0. The number of carbonyl (C=O) groups excluding carboxylic acids is 1. The van der Waals surface area contributed by atoms with Gasteiger partial charge in [0.05, 0.1) is 40.0 Å². The topological polar surface area (TPSA) is 116 Å². The van der Waals surface area contributed by atoms with E-state index in [0.29, 0.717) is 53.6 Å². The van der Waals surface area contributed by atoms with Crippen molar-refractivity contribution in [3.63, 3.8) is 0 Å². The molecule has 2 fully saturated rings. The fraction of sp³-hybridized carbons (Fsp3) is 0.429. The van der Waals surface area contributed by atoms with Gasteiger partial charge in [-0.15, -0.1) is 11.3 Å².